The monoisotopic (exact) mass is 228 g/mol. The number of hydrogen-bond donors (Lipinski definition) is 2. The molecule has 1 amide bonds. The Morgan fingerprint density at radius 1 is 1.69 bits per heavy atom. The molecule has 0 aromatic rings. The van der Waals surface area contributed by atoms with Crippen LogP contribution in [0.25, 0.3) is 0 Å². The first kappa shape index (κ1) is 13.4. The van der Waals surface area contributed by atoms with Crippen LogP contribution in [-0.4, -0.2) is 56.0 Å². The summed E-state index contributed by atoms with van der Waals surface area (Å²) in [6.07, 6.45) is 1.26. The van der Waals surface area contributed by atoms with Gasteiger partial charge in [0.25, 0.3) is 0 Å². The maximum Gasteiger partial charge on any atom is 0.237 e. The summed E-state index contributed by atoms with van der Waals surface area (Å²) in [5.41, 5.74) is 2.20. The number of carbonyl (C=O) groups is 1. The van der Waals surface area contributed by atoms with Crippen LogP contribution in [0.2, 0.25) is 0 Å². The van der Waals surface area contributed by atoms with Crippen molar-refractivity contribution >= 4 is 5.91 Å². The second kappa shape index (κ2) is 6.18. The maximum absolute atomic E-state index is 11.3. The lowest BCUT2D eigenvalue weighted by molar-refractivity contribution is -0.125. The number of rotatable bonds is 5. The Hall–Kier alpha value is -0.650. The highest BCUT2D eigenvalue weighted by Crippen LogP contribution is 2.15. The average molecular weight is 228 g/mol. The van der Waals surface area contributed by atoms with Gasteiger partial charge < -0.3 is 9.80 Å². The largest absolute Gasteiger partial charge is 0.306 e. The van der Waals surface area contributed by atoms with E-state index >= 15 is 0 Å². The van der Waals surface area contributed by atoms with E-state index in [9.17, 15) is 4.79 Å². The van der Waals surface area contributed by atoms with E-state index < -0.39 is 0 Å². The molecule has 0 bridgehead atoms. The van der Waals surface area contributed by atoms with Crippen LogP contribution < -0.4 is 11.3 Å². The molecule has 1 rings (SSSR count). The first-order chi connectivity index (χ1) is 7.52. The lowest BCUT2D eigenvalue weighted by Gasteiger charge is -2.23. The molecule has 2 unspecified atom stereocenters. The molecule has 0 spiro atoms. The van der Waals surface area contributed by atoms with Crippen molar-refractivity contribution in [3.05, 3.63) is 0 Å². The van der Waals surface area contributed by atoms with Gasteiger partial charge in [0.2, 0.25) is 5.91 Å². The minimum atomic E-state index is -0.0876. The Labute approximate surface area is 97.9 Å². The second-order valence-corrected chi connectivity index (χ2v) is 5.05. The molecule has 0 saturated carbocycles. The predicted octanol–water partition coefficient (Wildman–Crippen LogP) is -0.504. The first-order valence-electron chi connectivity index (χ1n) is 5.90. The van der Waals surface area contributed by atoms with Gasteiger partial charge in [-0.3, -0.25) is 10.2 Å². The standard InChI is InChI=1S/C11H24N4O/c1-9(11(16)13-12)6-15(3)8-10-4-5-14(2)7-10/h9-10H,4-8,12H2,1-3H3,(H,13,16). The number of amides is 1. The van der Waals surface area contributed by atoms with Gasteiger partial charge in [0, 0.05) is 25.6 Å². The highest BCUT2D eigenvalue weighted by atomic mass is 16.2. The van der Waals surface area contributed by atoms with Gasteiger partial charge in [0.05, 0.1) is 0 Å². The molecule has 0 aromatic carbocycles. The lowest BCUT2D eigenvalue weighted by Crippen LogP contribution is -2.40. The fraction of sp³-hybridized carbons (Fsp3) is 0.909. The van der Waals surface area contributed by atoms with E-state index in [-0.39, 0.29) is 11.8 Å². The van der Waals surface area contributed by atoms with Crippen LogP contribution >= 0.6 is 0 Å². The Bertz CT molecular complexity index is 234. The number of nitrogens with one attached hydrogen (secondary N) is 1. The Balaban J connectivity index is 2.25. The van der Waals surface area contributed by atoms with Crippen LogP contribution in [0.4, 0.5) is 0 Å². The van der Waals surface area contributed by atoms with E-state index in [1.807, 2.05) is 6.92 Å². The maximum atomic E-state index is 11.3. The Morgan fingerprint density at radius 2 is 2.38 bits per heavy atom. The minimum absolute atomic E-state index is 0.0471. The van der Waals surface area contributed by atoms with Gasteiger partial charge in [0.15, 0.2) is 0 Å². The van der Waals surface area contributed by atoms with Gasteiger partial charge in [-0.15, -0.1) is 0 Å². The van der Waals surface area contributed by atoms with Gasteiger partial charge >= 0.3 is 0 Å². The van der Waals surface area contributed by atoms with Crippen molar-refractivity contribution in [2.24, 2.45) is 17.7 Å². The number of hydrogen-bond acceptors (Lipinski definition) is 4. The fourth-order valence-corrected chi connectivity index (χ4v) is 2.38. The van der Waals surface area contributed by atoms with E-state index in [1.54, 1.807) is 0 Å². The fourth-order valence-electron chi connectivity index (χ4n) is 2.38. The van der Waals surface area contributed by atoms with Crippen molar-refractivity contribution < 1.29 is 4.79 Å². The SMILES string of the molecule is CC(CN(C)CC1CCN(C)C1)C(=O)NN. The molecule has 1 saturated heterocycles. The molecule has 94 valence electrons. The topological polar surface area (TPSA) is 61.6 Å². The van der Waals surface area contributed by atoms with Gasteiger partial charge in [-0.25, -0.2) is 5.84 Å². The highest BCUT2D eigenvalue weighted by molar-refractivity contribution is 5.77. The zero-order chi connectivity index (χ0) is 12.1. The van der Waals surface area contributed by atoms with Gasteiger partial charge in [-0.1, -0.05) is 6.92 Å². The summed E-state index contributed by atoms with van der Waals surface area (Å²) in [6.45, 7) is 6.09. The van der Waals surface area contributed by atoms with E-state index in [4.69, 9.17) is 5.84 Å². The highest BCUT2D eigenvalue weighted by Gasteiger charge is 2.22. The molecule has 3 N–H and O–H groups in total. The van der Waals surface area contributed by atoms with Gasteiger partial charge in [-0.05, 0) is 33.0 Å². The van der Waals surface area contributed by atoms with E-state index in [0.29, 0.717) is 0 Å². The molecule has 5 nitrogen and oxygen atoms in total. The van der Waals surface area contributed by atoms with Crippen LogP contribution in [0.3, 0.4) is 0 Å². The molecular weight excluding hydrogens is 204 g/mol. The van der Waals surface area contributed by atoms with Crippen LogP contribution in [-0.2, 0) is 4.79 Å². The first-order valence-corrected chi connectivity index (χ1v) is 5.90. The molecule has 5 heteroatoms. The quantitative estimate of drug-likeness (QED) is 0.378. The van der Waals surface area contributed by atoms with Crippen molar-refractivity contribution in [3.63, 3.8) is 0 Å². The molecule has 1 aliphatic rings. The summed E-state index contributed by atoms with van der Waals surface area (Å²) >= 11 is 0. The van der Waals surface area contributed by atoms with Crippen molar-refractivity contribution in [2.45, 2.75) is 13.3 Å². The van der Waals surface area contributed by atoms with Crippen LogP contribution in [0.1, 0.15) is 13.3 Å². The molecule has 0 radical (unpaired) electrons. The van der Waals surface area contributed by atoms with E-state index in [2.05, 4.69) is 29.3 Å². The minimum Gasteiger partial charge on any atom is -0.306 e. The summed E-state index contributed by atoms with van der Waals surface area (Å²) in [4.78, 5) is 15.8. The number of likely N-dealkylation sites (tertiary alicyclic amines) is 1. The number of carbonyl (C=O) groups excluding carboxylic acids is 1. The zero-order valence-corrected chi connectivity index (χ0v) is 10.6. The van der Waals surface area contributed by atoms with Crippen molar-refractivity contribution in [2.75, 3.05) is 40.3 Å². The molecular formula is C11H24N4O. The molecule has 1 heterocycles. The van der Waals surface area contributed by atoms with Crippen molar-refractivity contribution in [1.82, 2.24) is 15.2 Å². The molecule has 0 aliphatic carbocycles. The smallest absolute Gasteiger partial charge is 0.237 e. The summed E-state index contributed by atoms with van der Waals surface area (Å²) in [5, 5.41) is 0. The van der Waals surface area contributed by atoms with Gasteiger partial charge in [-0.2, -0.15) is 0 Å². The van der Waals surface area contributed by atoms with Gasteiger partial charge in [0.1, 0.15) is 0 Å². The summed E-state index contributed by atoms with van der Waals surface area (Å²) in [6, 6.07) is 0. The van der Waals surface area contributed by atoms with E-state index in [1.165, 1.54) is 19.5 Å². The zero-order valence-electron chi connectivity index (χ0n) is 10.6. The van der Waals surface area contributed by atoms with Crippen molar-refractivity contribution in [1.29, 1.82) is 0 Å². The summed E-state index contributed by atoms with van der Waals surface area (Å²) in [5.74, 6) is 5.71. The third-order valence-electron chi connectivity index (χ3n) is 3.23. The molecule has 2 atom stereocenters. The van der Waals surface area contributed by atoms with Crippen LogP contribution in [0.15, 0.2) is 0 Å². The van der Waals surface area contributed by atoms with Crippen LogP contribution in [0, 0.1) is 11.8 Å². The third-order valence-corrected chi connectivity index (χ3v) is 3.23. The average Bonchev–Trinajstić information content (AvgIpc) is 2.62. The van der Waals surface area contributed by atoms with Crippen molar-refractivity contribution in [3.8, 4) is 0 Å². The third kappa shape index (κ3) is 4.08. The van der Waals surface area contributed by atoms with Crippen LogP contribution in [0.5, 0.6) is 0 Å². The number of nitrogens with zero attached hydrogens (tertiary/aromatic N) is 2. The Morgan fingerprint density at radius 3 is 2.88 bits per heavy atom. The normalized spacial score (nSPS) is 23.7. The molecule has 0 aromatic heterocycles. The Kier molecular flexibility index (Phi) is 5.18. The number of nitrogens with two attached hydrogens (primary N) is 1. The summed E-state index contributed by atoms with van der Waals surface area (Å²) < 4.78 is 0. The summed E-state index contributed by atoms with van der Waals surface area (Å²) in [7, 11) is 4.23. The molecule has 1 fully saturated rings. The molecule has 1 aliphatic heterocycles. The second-order valence-electron chi connectivity index (χ2n) is 5.05. The lowest BCUT2D eigenvalue weighted by atomic mass is 10.1. The number of hydrazine groups is 1. The predicted molar refractivity (Wildman–Crippen MR) is 64.6 cm³/mol. The van der Waals surface area contributed by atoms with E-state index in [0.717, 1.165) is 19.0 Å². The molecule has 16 heavy (non-hydrogen) atoms.